The third-order valence-electron chi connectivity index (χ3n) is 4.25. The monoisotopic (exact) mass is 361 g/mol. The summed E-state index contributed by atoms with van der Waals surface area (Å²) in [4.78, 5) is 13.5. The van der Waals surface area contributed by atoms with Crippen LogP contribution in [0.15, 0.2) is 60.9 Å². The number of benzene rings is 2. The van der Waals surface area contributed by atoms with Crippen LogP contribution in [0.2, 0.25) is 0 Å². The van der Waals surface area contributed by atoms with Crippen molar-refractivity contribution in [2.45, 2.75) is 0 Å². The quantitative estimate of drug-likeness (QED) is 0.535. The van der Waals surface area contributed by atoms with Crippen LogP contribution in [-0.4, -0.2) is 29.2 Å². The standard InChI is InChI=1S/C21H16FN3O2/c1-26-16-9-14(10-17(11-16)27-2)20-21-19(23-12-24-20)8-7-18(25-21)13-3-5-15(22)6-4-13/h3-12H,1-2H3. The number of hydrogen-bond acceptors (Lipinski definition) is 5. The zero-order chi connectivity index (χ0) is 18.8. The van der Waals surface area contributed by atoms with Crippen LogP contribution in [-0.2, 0) is 0 Å². The van der Waals surface area contributed by atoms with E-state index in [9.17, 15) is 4.39 Å². The summed E-state index contributed by atoms with van der Waals surface area (Å²) >= 11 is 0. The van der Waals surface area contributed by atoms with Crippen LogP contribution >= 0.6 is 0 Å². The Kier molecular flexibility index (Phi) is 4.38. The predicted octanol–water partition coefficient (Wildman–Crippen LogP) is 4.52. The zero-order valence-corrected chi connectivity index (χ0v) is 14.8. The molecule has 0 bridgehead atoms. The molecule has 2 heterocycles. The molecule has 0 radical (unpaired) electrons. The van der Waals surface area contributed by atoms with Gasteiger partial charge in [0, 0.05) is 17.2 Å². The van der Waals surface area contributed by atoms with E-state index in [4.69, 9.17) is 14.5 Å². The van der Waals surface area contributed by atoms with Crippen LogP contribution in [0.25, 0.3) is 33.5 Å². The first-order valence-corrected chi connectivity index (χ1v) is 8.29. The summed E-state index contributed by atoms with van der Waals surface area (Å²) in [6, 6.07) is 15.5. The van der Waals surface area contributed by atoms with Gasteiger partial charge in [0.25, 0.3) is 0 Å². The van der Waals surface area contributed by atoms with Crippen molar-refractivity contribution in [2.75, 3.05) is 14.2 Å². The number of pyridine rings is 1. The molecule has 2 aromatic heterocycles. The van der Waals surface area contributed by atoms with Gasteiger partial charge >= 0.3 is 0 Å². The topological polar surface area (TPSA) is 57.1 Å². The van der Waals surface area contributed by atoms with Crippen molar-refractivity contribution in [3.05, 3.63) is 66.7 Å². The van der Waals surface area contributed by atoms with Gasteiger partial charge in [0.2, 0.25) is 0 Å². The Morgan fingerprint density at radius 2 is 1.48 bits per heavy atom. The number of fused-ring (bicyclic) bond motifs is 1. The molecular weight excluding hydrogens is 345 g/mol. The molecule has 0 aliphatic heterocycles. The summed E-state index contributed by atoms with van der Waals surface area (Å²) in [5, 5.41) is 0. The highest BCUT2D eigenvalue weighted by molar-refractivity contribution is 5.90. The van der Waals surface area contributed by atoms with Crippen molar-refractivity contribution < 1.29 is 13.9 Å². The van der Waals surface area contributed by atoms with Gasteiger partial charge in [-0.25, -0.2) is 19.3 Å². The minimum atomic E-state index is -0.285. The first-order chi connectivity index (χ1) is 13.2. The van der Waals surface area contributed by atoms with Crippen LogP contribution in [0.1, 0.15) is 0 Å². The number of rotatable bonds is 4. The van der Waals surface area contributed by atoms with Crippen molar-refractivity contribution in [1.82, 2.24) is 15.0 Å². The smallest absolute Gasteiger partial charge is 0.123 e. The first kappa shape index (κ1) is 16.9. The van der Waals surface area contributed by atoms with Gasteiger partial charge in [0.05, 0.1) is 25.4 Å². The van der Waals surface area contributed by atoms with Gasteiger partial charge in [-0.2, -0.15) is 0 Å². The van der Waals surface area contributed by atoms with Gasteiger partial charge in [-0.3, -0.25) is 0 Å². The lowest BCUT2D eigenvalue weighted by Gasteiger charge is -2.10. The number of hydrogen-bond donors (Lipinski definition) is 0. The molecule has 0 saturated carbocycles. The molecule has 0 spiro atoms. The Hall–Kier alpha value is -3.54. The highest BCUT2D eigenvalue weighted by atomic mass is 19.1. The number of halogens is 1. The Morgan fingerprint density at radius 3 is 2.15 bits per heavy atom. The van der Waals surface area contributed by atoms with Gasteiger partial charge in [0.15, 0.2) is 0 Å². The molecule has 0 aliphatic rings. The Labute approximate surface area is 155 Å². The van der Waals surface area contributed by atoms with E-state index in [0.29, 0.717) is 33.9 Å². The highest BCUT2D eigenvalue weighted by Gasteiger charge is 2.12. The lowest BCUT2D eigenvalue weighted by Crippen LogP contribution is -1.95. The maximum absolute atomic E-state index is 13.2. The van der Waals surface area contributed by atoms with E-state index < -0.39 is 0 Å². The summed E-state index contributed by atoms with van der Waals surface area (Å²) < 4.78 is 23.9. The largest absolute Gasteiger partial charge is 0.497 e. The fourth-order valence-electron chi connectivity index (χ4n) is 2.88. The van der Waals surface area contributed by atoms with E-state index in [1.165, 1.54) is 18.5 Å². The number of nitrogens with zero attached hydrogens (tertiary/aromatic N) is 3. The molecule has 2 aromatic carbocycles. The van der Waals surface area contributed by atoms with E-state index in [2.05, 4.69) is 9.97 Å². The maximum Gasteiger partial charge on any atom is 0.123 e. The summed E-state index contributed by atoms with van der Waals surface area (Å²) in [6.07, 6.45) is 1.50. The molecule has 0 fully saturated rings. The van der Waals surface area contributed by atoms with Crippen molar-refractivity contribution in [2.24, 2.45) is 0 Å². The molecule has 0 aliphatic carbocycles. The Morgan fingerprint density at radius 1 is 0.778 bits per heavy atom. The van der Waals surface area contributed by atoms with Crippen LogP contribution in [0.5, 0.6) is 11.5 Å². The van der Waals surface area contributed by atoms with Gasteiger partial charge in [-0.1, -0.05) is 0 Å². The fraction of sp³-hybridized carbons (Fsp3) is 0.0952. The molecule has 4 aromatic rings. The minimum Gasteiger partial charge on any atom is -0.497 e. The van der Waals surface area contributed by atoms with Crippen LogP contribution in [0.4, 0.5) is 4.39 Å². The average molecular weight is 361 g/mol. The third kappa shape index (κ3) is 3.29. The van der Waals surface area contributed by atoms with Gasteiger partial charge < -0.3 is 9.47 Å². The number of aromatic nitrogens is 3. The van der Waals surface area contributed by atoms with Gasteiger partial charge in [-0.05, 0) is 48.5 Å². The maximum atomic E-state index is 13.2. The second-order valence-electron chi connectivity index (χ2n) is 5.89. The van der Waals surface area contributed by atoms with Gasteiger partial charge in [-0.15, -0.1) is 0 Å². The normalized spacial score (nSPS) is 10.8. The second kappa shape index (κ2) is 6.99. The van der Waals surface area contributed by atoms with Crippen molar-refractivity contribution >= 4 is 11.0 Å². The van der Waals surface area contributed by atoms with E-state index in [1.807, 2.05) is 24.3 Å². The van der Waals surface area contributed by atoms with Crippen LogP contribution < -0.4 is 9.47 Å². The van der Waals surface area contributed by atoms with Crippen molar-refractivity contribution in [1.29, 1.82) is 0 Å². The van der Waals surface area contributed by atoms with E-state index in [1.54, 1.807) is 32.4 Å². The third-order valence-corrected chi connectivity index (χ3v) is 4.25. The molecule has 134 valence electrons. The van der Waals surface area contributed by atoms with Crippen LogP contribution in [0, 0.1) is 5.82 Å². The molecule has 0 N–H and O–H groups in total. The highest BCUT2D eigenvalue weighted by Crippen LogP contribution is 2.32. The lowest BCUT2D eigenvalue weighted by atomic mass is 10.1. The summed E-state index contributed by atoms with van der Waals surface area (Å²) in [5.41, 5.74) is 4.37. The average Bonchev–Trinajstić information content (AvgIpc) is 2.73. The molecule has 27 heavy (non-hydrogen) atoms. The molecular formula is C21H16FN3O2. The van der Waals surface area contributed by atoms with Crippen LogP contribution in [0.3, 0.4) is 0 Å². The summed E-state index contributed by atoms with van der Waals surface area (Å²) in [5.74, 6) is 1.03. The van der Waals surface area contributed by atoms with Crippen molar-refractivity contribution in [3.8, 4) is 34.0 Å². The van der Waals surface area contributed by atoms with E-state index >= 15 is 0 Å². The predicted molar refractivity (Wildman–Crippen MR) is 101 cm³/mol. The Bertz CT molecular complexity index is 1090. The van der Waals surface area contributed by atoms with E-state index in [-0.39, 0.29) is 5.82 Å². The molecule has 4 rings (SSSR count). The zero-order valence-electron chi connectivity index (χ0n) is 14.8. The molecule has 6 heteroatoms. The SMILES string of the molecule is COc1cc(OC)cc(-c2ncnc3ccc(-c4ccc(F)cc4)nc23)c1. The summed E-state index contributed by atoms with van der Waals surface area (Å²) in [7, 11) is 3.20. The minimum absolute atomic E-state index is 0.285. The van der Waals surface area contributed by atoms with Gasteiger partial charge in [0.1, 0.15) is 34.9 Å². The Balaban J connectivity index is 1.91. The number of methoxy groups -OCH3 is 2. The molecule has 0 unspecified atom stereocenters. The molecule has 5 nitrogen and oxygen atoms in total. The molecule has 0 amide bonds. The lowest BCUT2D eigenvalue weighted by molar-refractivity contribution is 0.394. The summed E-state index contributed by atoms with van der Waals surface area (Å²) in [6.45, 7) is 0. The number of ether oxygens (including phenoxy) is 2. The van der Waals surface area contributed by atoms with E-state index in [0.717, 1.165) is 11.1 Å². The first-order valence-electron chi connectivity index (χ1n) is 8.29. The van der Waals surface area contributed by atoms with Crippen molar-refractivity contribution in [3.63, 3.8) is 0 Å². The molecule has 0 atom stereocenters. The second-order valence-corrected chi connectivity index (χ2v) is 5.89. The fourth-order valence-corrected chi connectivity index (χ4v) is 2.88. The molecule has 0 saturated heterocycles.